The maximum atomic E-state index is 11.8. The number of ether oxygens (including phenoxy) is 1. The number of hydrogen-bond donors (Lipinski definition) is 0. The van der Waals surface area contributed by atoms with Crippen LogP contribution in [0.1, 0.15) is 5.56 Å². The zero-order chi connectivity index (χ0) is 20.5. The number of anilines is 1. The van der Waals surface area contributed by atoms with Gasteiger partial charge in [0.25, 0.3) is 5.56 Å². The molecule has 3 heterocycles. The van der Waals surface area contributed by atoms with Crippen LogP contribution in [0.25, 0.3) is 22.6 Å². The number of rotatable bonds is 4. The van der Waals surface area contributed by atoms with Crippen LogP contribution in [0.2, 0.25) is 0 Å². The second kappa shape index (κ2) is 7.76. The van der Waals surface area contributed by atoms with Crippen molar-refractivity contribution in [1.29, 1.82) is 0 Å². The molecule has 1 aliphatic rings. The van der Waals surface area contributed by atoms with Gasteiger partial charge >= 0.3 is 0 Å². The summed E-state index contributed by atoms with van der Waals surface area (Å²) in [4.78, 5) is 23.4. The van der Waals surface area contributed by atoms with E-state index in [0.29, 0.717) is 12.2 Å². The van der Waals surface area contributed by atoms with Crippen molar-refractivity contribution in [2.45, 2.75) is 6.54 Å². The number of nitrogens with zero attached hydrogens (tertiary/aromatic N) is 5. The second-order valence-corrected chi connectivity index (χ2v) is 7.50. The highest BCUT2D eigenvalue weighted by Gasteiger charge is 2.18. The predicted octanol–water partition coefficient (Wildman–Crippen LogP) is 2.68. The lowest BCUT2D eigenvalue weighted by atomic mass is 10.2. The van der Waals surface area contributed by atoms with Gasteiger partial charge in [-0.25, -0.2) is 9.97 Å². The van der Waals surface area contributed by atoms with E-state index in [1.54, 1.807) is 13.2 Å². The molecule has 0 atom stereocenters. The fourth-order valence-corrected chi connectivity index (χ4v) is 3.86. The summed E-state index contributed by atoms with van der Waals surface area (Å²) in [6.07, 6.45) is 3.09. The van der Waals surface area contributed by atoms with Gasteiger partial charge < -0.3 is 18.8 Å². The Kier molecular flexibility index (Phi) is 4.80. The minimum absolute atomic E-state index is 0.140. The smallest absolute Gasteiger partial charge is 0.268 e. The standard InChI is InChI=1S/C23H23N5O2/c1-26-16-20(24-14-22(26)29)23-25-19-8-7-18(27-9-11-30-12-10-27)13-21(19)28(23)15-17-5-3-2-4-6-17/h2-8,13-14,16H,9-12,15H2,1H3. The molecule has 0 saturated carbocycles. The van der Waals surface area contributed by atoms with E-state index in [2.05, 4.69) is 44.8 Å². The lowest BCUT2D eigenvalue weighted by Crippen LogP contribution is -2.36. The van der Waals surface area contributed by atoms with Gasteiger partial charge in [0.05, 0.1) is 30.4 Å². The van der Waals surface area contributed by atoms with E-state index in [1.807, 2.05) is 18.2 Å². The molecule has 152 valence electrons. The third-order valence-corrected chi connectivity index (χ3v) is 5.50. The average molecular weight is 401 g/mol. The Morgan fingerprint density at radius 3 is 2.63 bits per heavy atom. The van der Waals surface area contributed by atoms with Crippen molar-refractivity contribution >= 4 is 16.7 Å². The van der Waals surface area contributed by atoms with E-state index < -0.39 is 0 Å². The molecular weight excluding hydrogens is 378 g/mol. The maximum Gasteiger partial charge on any atom is 0.268 e. The molecule has 5 rings (SSSR count). The lowest BCUT2D eigenvalue weighted by Gasteiger charge is -2.28. The third kappa shape index (κ3) is 3.48. The van der Waals surface area contributed by atoms with Gasteiger partial charge in [-0.1, -0.05) is 30.3 Å². The first kappa shape index (κ1) is 18.6. The van der Waals surface area contributed by atoms with Crippen LogP contribution in [-0.2, 0) is 18.3 Å². The number of benzene rings is 2. The summed E-state index contributed by atoms with van der Waals surface area (Å²) < 4.78 is 9.22. The summed E-state index contributed by atoms with van der Waals surface area (Å²) in [5, 5.41) is 0. The van der Waals surface area contributed by atoms with E-state index in [9.17, 15) is 4.79 Å². The SMILES string of the molecule is Cn1cc(-c2nc3ccc(N4CCOCC4)cc3n2Cc2ccccc2)ncc1=O. The molecule has 30 heavy (non-hydrogen) atoms. The van der Waals surface area contributed by atoms with Crippen molar-refractivity contribution in [2.75, 3.05) is 31.2 Å². The third-order valence-electron chi connectivity index (χ3n) is 5.50. The monoisotopic (exact) mass is 401 g/mol. The fourth-order valence-electron chi connectivity index (χ4n) is 3.86. The van der Waals surface area contributed by atoms with Crippen molar-refractivity contribution in [3.63, 3.8) is 0 Å². The Bertz CT molecular complexity index is 1240. The Hall–Kier alpha value is -3.45. The average Bonchev–Trinajstić information content (AvgIpc) is 3.14. The molecule has 0 amide bonds. The summed E-state index contributed by atoms with van der Waals surface area (Å²) in [5.74, 6) is 0.753. The van der Waals surface area contributed by atoms with Crippen LogP contribution >= 0.6 is 0 Å². The molecule has 2 aromatic heterocycles. The molecule has 0 unspecified atom stereocenters. The molecule has 1 aliphatic heterocycles. The molecule has 0 radical (unpaired) electrons. The van der Waals surface area contributed by atoms with Gasteiger partial charge in [0, 0.05) is 38.6 Å². The topological polar surface area (TPSA) is 65.2 Å². The normalized spacial score (nSPS) is 14.4. The zero-order valence-corrected chi connectivity index (χ0v) is 16.9. The summed E-state index contributed by atoms with van der Waals surface area (Å²) in [6.45, 7) is 3.92. The molecule has 0 N–H and O–H groups in total. The van der Waals surface area contributed by atoms with Crippen molar-refractivity contribution in [1.82, 2.24) is 19.1 Å². The number of fused-ring (bicyclic) bond motifs is 1. The molecule has 4 aromatic rings. The summed E-state index contributed by atoms with van der Waals surface area (Å²) in [6, 6.07) is 16.7. The molecule has 1 saturated heterocycles. The van der Waals surface area contributed by atoms with Crippen molar-refractivity contribution < 1.29 is 4.74 Å². The van der Waals surface area contributed by atoms with Crippen LogP contribution in [0.15, 0.2) is 65.7 Å². The van der Waals surface area contributed by atoms with Gasteiger partial charge in [-0.15, -0.1) is 0 Å². The Balaban J connectivity index is 1.66. The number of morpholine rings is 1. The van der Waals surface area contributed by atoms with E-state index in [1.165, 1.54) is 22.0 Å². The maximum absolute atomic E-state index is 11.8. The van der Waals surface area contributed by atoms with Gasteiger partial charge in [-0.2, -0.15) is 0 Å². The molecule has 0 aliphatic carbocycles. The van der Waals surface area contributed by atoms with Crippen LogP contribution in [0.5, 0.6) is 0 Å². The van der Waals surface area contributed by atoms with Crippen LogP contribution in [-0.4, -0.2) is 45.4 Å². The second-order valence-electron chi connectivity index (χ2n) is 7.50. The molecule has 0 bridgehead atoms. The van der Waals surface area contributed by atoms with E-state index >= 15 is 0 Å². The summed E-state index contributed by atoms with van der Waals surface area (Å²) in [7, 11) is 1.73. The number of imidazole rings is 1. The van der Waals surface area contributed by atoms with Gasteiger partial charge in [0.15, 0.2) is 5.82 Å². The Morgan fingerprint density at radius 1 is 1.07 bits per heavy atom. The minimum Gasteiger partial charge on any atom is -0.378 e. The Labute approximate surface area is 174 Å². The van der Waals surface area contributed by atoms with Crippen LogP contribution < -0.4 is 10.5 Å². The van der Waals surface area contributed by atoms with Gasteiger partial charge in [0.1, 0.15) is 5.69 Å². The molecule has 2 aromatic carbocycles. The predicted molar refractivity (Wildman–Crippen MR) is 117 cm³/mol. The molecular formula is C23H23N5O2. The van der Waals surface area contributed by atoms with Crippen LogP contribution in [0.4, 0.5) is 5.69 Å². The molecule has 1 fully saturated rings. The quantitative estimate of drug-likeness (QED) is 0.526. The summed E-state index contributed by atoms with van der Waals surface area (Å²) in [5.41, 5.74) is 4.85. The van der Waals surface area contributed by atoms with Gasteiger partial charge in [-0.3, -0.25) is 4.79 Å². The largest absolute Gasteiger partial charge is 0.378 e. The number of hydrogen-bond acceptors (Lipinski definition) is 5. The highest BCUT2D eigenvalue weighted by atomic mass is 16.5. The molecule has 7 nitrogen and oxygen atoms in total. The minimum atomic E-state index is -0.140. The first-order valence-electron chi connectivity index (χ1n) is 10.1. The summed E-state index contributed by atoms with van der Waals surface area (Å²) >= 11 is 0. The van der Waals surface area contributed by atoms with Gasteiger partial charge in [-0.05, 0) is 23.8 Å². The lowest BCUT2D eigenvalue weighted by molar-refractivity contribution is 0.122. The van der Waals surface area contributed by atoms with Crippen LogP contribution in [0, 0.1) is 0 Å². The Morgan fingerprint density at radius 2 is 1.87 bits per heavy atom. The van der Waals surface area contributed by atoms with Crippen molar-refractivity contribution in [3.05, 3.63) is 76.8 Å². The number of aryl methyl sites for hydroxylation is 1. The zero-order valence-electron chi connectivity index (χ0n) is 16.9. The highest BCUT2D eigenvalue weighted by molar-refractivity contribution is 5.83. The van der Waals surface area contributed by atoms with E-state index in [0.717, 1.165) is 43.2 Å². The molecule has 0 spiro atoms. The van der Waals surface area contributed by atoms with Crippen molar-refractivity contribution in [2.24, 2.45) is 7.05 Å². The number of aromatic nitrogens is 4. The molecule has 7 heteroatoms. The fraction of sp³-hybridized carbons (Fsp3) is 0.261. The first-order chi connectivity index (χ1) is 14.7. The van der Waals surface area contributed by atoms with Gasteiger partial charge in [0.2, 0.25) is 0 Å². The van der Waals surface area contributed by atoms with E-state index in [4.69, 9.17) is 9.72 Å². The first-order valence-corrected chi connectivity index (χ1v) is 10.1. The van der Waals surface area contributed by atoms with E-state index in [-0.39, 0.29) is 5.56 Å². The van der Waals surface area contributed by atoms with Crippen molar-refractivity contribution in [3.8, 4) is 11.5 Å². The van der Waals surface area contributed by atoms with Crippen LogP contribution in [0.3, 0.4) is 0 Å². The highest BCUT2D eigenvalue weighted by Crippen LogP contribution is 2.28.